The van der Waals surface area contributed by atoms with Crippen molar-refractivity contribution in [2.45, 2.75) is 6.54 Å². The van der Waals surface area contributed by atoms with Crippen molar-refractivity contribution >= 4 is 40.5 Å². The van der Waals surface area contributed by atoms with Gasteiger partial charge in [-0.25, -0.2) is 4.98 Å². The zero-order valence-electron chi connectivity index (χ0n) is 13.3. The van der Waals surface area contributed by atoms with Crippen LogP contribution in [0.5, 0.6) is 0 Å². The number of benzene rings is 1. The number of nitro groups is 1. The first kappa shape index (κ1) is 19.1. The van der Waals surface area contributed by atoms with E-state index in [4.69, 9.17) is 5.73 Å². The molecule has 8 nitrogen and oxygen atoms in total. The van der Waals surface area contributed by atoms with E-state index < -0.39 is 4.92 Å². The van der Waals surface area contributed by atoms with Crippen LogP contribution in [-0.4, -0.2) is 51.8 Å². The molecule has 2 aromatic rings. The molecule has 3 rings (SSSR count). The van der Waals surface area contributed by atoms with Gasteiger partial charge in [-0.15, -0.1) is 23.7 Å². The van der Waals surface area contributed by atoms with E-state index in [-0.39, 0.29) is 24.0 Å². The summed E-state index contributed by atoms with van der Waals surface area (Å²) in [5, 5.41) is 11.2. The number of hydrogen-bond acceptors (Lipinski definition) is 7. The quantitative estimate of drug-likeness (QED) is 0.639. The molecule has 10 heteroatoms. The summed E-state index contributed by atoms with van der Waals surface area (Å²) in [6, 6.07) is 5.73. The van der Waals surface area contributed by atoms with Gasteiger partial charge >= 0.3 is 0 Å². The first-order valence-corrected chi connectivity index (χ1v) is 8.31. The summed E-state index contributed by atoms with van der Waals surface area (Å²) in [6.45, 7) is 3.59. The van der Waals surface area contributed by atoms with Crippen molar-refractivity contribution in [2.24, 2.45) is 0 Å². The molecule has 1 aromatic carbocycles. The largest absolute Gasteiger partial charge is 0.375 e. The summed E-state index contributed by atoms with van der Waals surface area (Å²) in [5.74, 6) is -0.0911. The van der Waals surface area contributed by atoms with Gasteiger partial charge in [0.15, 0.2) is 5.13 Å². The first-order chi connectivity index (χ1) is 11.5. The van der Waals surface area contributed by atoms with Crippen LogP contribution in [-0.2, 0) is 6.54 Å². The van der Waals surface area contributed by atoms with Crippen LogP contribution in [0.15, 0.2) is 30.5 Å². The monoisotopic (exact) mass is 383 g/mol. The van der Waals surface area contributed by atoms with E-state index in [1.54, 1.807) is 11.1 Å². The molecule has 2 N–H and O–H groups in total. The standard InChI is InChI=1S/C15H17N5O3S.ClH/c16-15-17-9-13(24-15)10-18-5-7-19(8-6-18)14(21)11-1-3-12(4-2-11)20(22)23;/h1-4,9H,5-8,10H2,(H2,16,17);1H. The number of carbonyl (C=O) groups is 1. The summed E-state index contributed by atoms with van der Waals surface area (Å²) < 4.78 is 0. The van der Waals surface area contributed by atoms with Gasteiger partial charge < -0.3 is 10.6 Å². The highest BCUT2D eigenvalue weighted by Crippen LogP contribution is 2.18. The van der Waals surface area contributed by atoms with Crippen molar-refractivity contribution < 1.29 is 9.72 Å². The third-order valence-corrected chi connectivity index (χ3v) is 4.75. The summed E-state index contributed by atoms with van der Waals surface area (Å²) in [4.78, 5) is 31.8. The number of anilines is 1. The number of aromatic nitrogens is 1. The molecule has 1 saturated heterocycles. The Hall–Kier alpha value is -2.23. The molecule has 0 radical (unpaired) electrons. The molecular formula is C15H18ClN5O3S. The van der Waals surface area contributed by atoms with Crippen molar-refractivity contribution in [3.63, 3.8) is 0 Å². The minimum absolute atomic E-state index is 0. The van der Waals surface area contributed by atoms with E-state index in [0.29, 0.717) is 23.8 Å². The van der Waals surface area contributed by atoms with Crippen LogP contribution in [0.1, 0.15) is 15.2 Å². The Morgan fingerprint density at radius 3 is 2.40 bits per heavy atom. The molecule has 2 heterocycles. The highest BCUT2D eigenvalue weighted by molar-refractivity contribution is 7.15. The van der Waals surface area contributed by atoms with Crippen LogP contribution >= 0.6 is 23.7 Å². The van der Waals surface area contributed by atoms with E-state index in [1.807, 2.05) is 0 Å². The van der Waals surface area contributed by atoms with Gasteiger partial charge in [0.2, 0.25) is 0 Å². The van der Waals surface area contributed by atoms with Crippen LogP contribution < -0.4 is 5.73 Å². The van der Waals surface area contributed by atoms with Crippen molar-refractivity contribution in [2.75, 3.05) is 31.9 Å². The van der Waals surface area contributed by atoms with Gasteiger partial charge in [0.25, 0.3) is 11.6 Å². The zero-order chi connectivity index (χ0) is 17.1. The molecule has 1 fully saturated rings. The Morgan fingerprint density at radius 1 is 1.24 bits per heavy atom. The van der Waals surface area contributed by atoms with Crippen molar-refractivity contribution in [3.8, 4) is 0 Å². The fourth-order valence-electron chi connectivity index (χ4n) is 2.63. The second-order valence-corrected chi connectivity index (χ2v) is 6.68. The summed E-state index contributed by atoms with van der Waals surface area (Å²) in [6.07, 6.45) is 1.79. The maximum absolute atomic E-state index is 12.5. The fraction of sp³-hybridized carbons (Fsp3) is 0.333. The number of halogens is 1. The number of hydrogen-bond donors (Lipinski definition) is 1. The summed E-state index contributed by atoms with van der Waals surface area (Å²) in [7, 11) is 0. The number of non-ortho nitro benzene ring substituents is 1. The van der Waals surface area contributed by atoms with Crippen molar-refractivity contribution in [1.29, 1.82) is 0 Å². The third-order valence-electron chi connectivity index (χ3n) is 3.94. The second kappa shape index (κ2) is 8.24. The molecule has 1 aliphatic rings. The first-order valence-electron chi connectivity index (χ1n) is 7.49. The number of carbonyl (C=O) groups excluding carboxylic acids is 1. The van der Waals surface area contributed by atoms with Gasteiger partial charge in [-0.05, 0) is 12.1 Å². The lowest BCUT2D eigenvalue weighted by atomic mass is 10.1. The van der Waals surface area contributed by atoms with Crippen LogP contribution in [0, 0.1) is 10.1 Å². The molecule has 0 spiro atoms. The summed E-state index contributed by atoms with van der Waals surface area (Å²) in [5.41, 5.74) is 6.10. The van der Waals surface area contributed by atoms with Gasteiger partial charge in [0.1, 0.15) is 0 Å². The number of thiazole rings is 1. The van der Waals surface area contributed by atoms with Crippen LogP contribution in [0.2, 0.25) is 0 Å². The van der Waals surface area contributed by atoms with Gasteiger partial charge in [-0.3, -0.25) is 19.8 Å². The second-order valence-electron chi connectivity index (χ2n) is 5.54. The smallest absolute Gasteiger partial charge is 0.269 e. The Morgan fingerprint density at radius 2 is 1.88 bits per heavy atom. The number of nitrogen functional groups attached to an aromatic ring is 1. The van der Waals surface area contributed by atoms with E-state index in [2.05, 4.69) is 9.88 Å². The van der Waals surface area contributed by atoms with Gasteiger partial charge in [0.05, 0.1) is 4.92 Å². The Kier molecular flexibility index (Phi) is 6.29. The molecular weight excluding hydrogens is 366 g/mol. The van der Waals surface area contributed by atoms with E-state index in [1.165, 1.54) is 35.6 Å². The zero-order valence-corrected chi connectivity index (χ0v) is 15.0. The predicted octanol–water partition coefficient (Wildman–Crippen LogP) is 2.01. The Bertz CT molecular complexity index is 744. The molecule has 25 heavy (non-hydrogen) atoms. The lowest BCUT2D eigenvalue weighted by Crippen LogP contribution is -2.48. The summed E-state index contributed by atoms with van der Waals surface area (Å²) >= 11 is 1.48. The average molecular weight is 384 g/mol. The minimum Gasteiger partial charge on any atom is -0.375 e. The predicted molar refractivity (Wildman–Crippen MR) is 98.1 cm³/mol. The van der Waals surface area contributed by atoms with Crippen molar-refractivity contribution in [1.82, 2.24) is 14.8 Å². The average Bonchev–Trinajstić information content (AvgIpc) is 3.00. The van der Waals surface area contributed by atoms with Crippen LogP contribution in [0.4, 0.5) is 10.8 Å². The van der Waals surface area contributed by atoms with Crippen LogP contribution in [0.3, 0.4) is 0 Å². The Labute approximate surface area is 154 Å². The number of nitrogens with two attached hydrogens (primary N) is 1. The molecule has 134 valence electrons. The van der Waals surface area contributed by atoms with E-state index >= 15 is 0 Å². The minimum atomic E-state index is -0.473. The van der Waals surface area contributed by atoms with E-state index in [9.17, 15) is 14.9 Å². The highest BCUT2D eigenvalue weighted by Gasteiger charge is 2.23. The number of amides is 1. The molecule has 1 aliphatic heterocycles. The molecule has 0 atom stereocenters. The number of nitrogens with zero attached hydrogens (tertiary/aromatic N) is 4. The maximum atomic E-state index is 12.5. The van der Waals surface area contributed by atoms with Gasteiger partial charge in [-0.1, -0.05) is 0 Å². The van der Waals surface area contributed by atoms with Gasteiger partial charge in [0, 0.05) is 61.5 Å². The third kappa shape index (κ3) is 4.65. The number of nitro benzene ring substituents is 1. The lowest BCUT2D eigenvalue weighted by molar-refractivity contribution is -0.384. The topological polar surface area (TPSA) is 106 Å². The molecule has 1 amide bonds. The van der Waals surface area contributed by atoms with Crippen molar-refractivity contribution in [3.05, 3.63) is 51.0 Å². The maximum Gasteiger partial charge on any atom is 0.269 e. The molecule has 0 bridgehead atoms. The highest BCUT2D eigenvalue weighted by atomic mass is 35.5. The molecule has 0 unspecified atom stereocenters. The SMILES string of the molecule is Cl.Nc1ncc(CN2CCN(C(=O)c3ccc([N+](=O)[O-])cc3)CC2)s1. The Balaban J connectivity index is 0.00000225. The lowest BCUT2D eigenvalue weighted by Gasteiger charge is -2.34. The fourth-order valence-corrected chi connectivity index (χ4v) is 3.36. The number of rotatable bonds is 4. The van der Waals surface area contributed by atoms with Crippen LogP contribution in [0.25, 0.3) is 0 Å². The number of piperazine rings is 1. The molecule has 1 aromatic heterocycles. The molecule has 0 aliphatic carbocycles. The normalized spacial score (nSPS) is 14.8. The van der Waals surface area contributed by atoms with E-state index in [0.717, 1.165) is 24.5 Å². The van der Waals surface area contributed by atoms with Gasteiger partial charge in [-0.2, -0.15) is 0 Å². The molecule has 0 saturated carbocycles.